The van der Waals surface area contributed by atoms with Gasteiger partial charge in [-0.05, 0) is 85.2 Å². The lowest BCUT2D eigenvalue weighted by atomic mass is 9.87. The topological polar surface area (TPSA) is 239 Å². The third-order valence-electron chi connectivity index (χ3n) is 12.4. The molecular formula is C49H69N5O13S2. The van der Waals surface area contributed by atoms with Crippen LogP contribution in [0.15, 0.2) is 76.5 Å². The Bertz CT molecular complexity index is 2450. The fourth-order valence-corrected chi connectivity index (χ4v) is 12.2. The van der Waals surface area contributed by atoms with E-state index in [2.05, 4.69) is 25.2 Å². The number of sulfonamides is 2. The van der Waals surface area contributed by atoms with E-state index in [9.17, 15) is 32.0 Å². The lowest BCUT2D eigenvalue weighted by Gasteiger charge is -2.35. The highest BCUT2D eigenvalue weighted by atomic mass is 32.2. The normalized spacial score (nSPS) is 19.5. The molecule has 0 aromatic heterocycles. The number of benzene rings is 3. The van der Waals surface area contributed by atoms with Gasteiger partial charge in [0.2, 0.25) is 33.6 Å². The molecule has 3 aromatic rings. The first kappa shape index (κ1) is 53.6. The second-order valence-electron chi connectivity index (χ2n) is 19.9. The van der Waals surface area contributed by atoms with Crippen LogP contribution in [-0.4, -0.2) is 121 Å². The van der Waals surface area contributed by atoms with Crippen molar-refractivity contribution in [2.24, 2.45) is 28.4 Å². The maximum atomic E-state index is 14.1. The minimum Gasteiger partial charge on any atom is -0.454 e. The van der Waals surface area contributed by atoms with E-state index in [-0.39, 0.29) is 73.2 Å². The standard InChI is InChI=1S/C31H39N3O9S.C18H30N2O4S/c1-31(2,12-6-13-32)19-34(44(37,38)22-9-10-26-27(16-22)42-20-41-26)17-25(35)24(15-21-7-4-3-5-8-21)33-30(36)43-28-18-40-29-23(28)11-14-39-29;1-14(2)11-20(12-18(3,4)8-5-9-19)25(21,22)15-6-7-16-17(10-15)24-13-23-16/h3-5,7-10,16,23-25,28-29,35H,6,11-12,14-15,17-20H2,1-2H3,(H,33,36);6-7,10,14H,5,8-9,11-13,19H2,1-4H3/t23-,24-,25+,28-,29+;/m0./s1. The molecule has 0 radical (unpaired) electrons. The first-order valence-electron chi connectivity index (χ1n) is 23.5. The lowest BCUT2D eigenvalue weighted by Crippen LogP contribution is -2.52. The van der Waals surface area contributed by atoms with Crippen LogP contribution in [0.5, 0.6) is 23.0 Å². The molecule has 0 bridgehead atoms. The molecule has 4 aliphatic heterocycles. The number of fused-ring (bicyclic) bond motifs is 3. The zero-order valence-electron chi connectivity index (χ0n) is 40.5. The molecule has 7 rings (SSSR count). The van der Waals surface area contributed by atoms with Gasteiger partial charge in [0.25, 0.3) is 0 Å². The van der Waals surface area contributed by atoms with E-state index in [1.807, 2.05) is 58.0 Å². The molecule has 0 saturated carbocycles. The minimum atomic E-state index is -4.16. The molecule has 69 heavy (non-hydrogen) atoms. The quantitative estimate of drug-likeness (QED) is 0.104. The van der Waals surface area contributed by atoms with Crippen molar-refractivity contribution in [2.75, 3.05) is 59.5 Å². The van der Waals surface area contributed by atoms with Crippen molar-refractivity contribution in [2.45, 2.75) is 114 Å². The Morgan fingerprint density at radius 3 is 1.97 bits per heavy atom. The van der Waals surface area contributed by atoms with Crippen molar-refractivity contribution < 1.29 is 59.9 Å². The van der Waals surface area contributed by atoms with Crippen LogP contribution in [0.4, 0.5) is 4.79 Å². The van der Waals surface area contributed by atoms with Crippen LogP contribution in [0.1, 0.15) is 79.2 Å². The highest BCUT2D eigenvalue weighted by Gasteiger charge is 2.44. The predicted octanol–water partition coefficient (Wildman–Crippen LogP) is 6.02. The van der Waals surface area contributed by atoms with Gasteiger partial charge in [-0.1, -0.05) is 71.9 Å². The summed E-state index contributed by atoms with van der Waals surface area (Å²) in [7, 11) is -7.77. The van der Waals surface area contributed by atoms with Gasteiger partial charge in [0, 0.05) is 44.7 Å². The van der Waals surface area contributed by atoms with Crippen molar-refractivity contribution in [1.29, 1.82) is 5.26 Å². The number of alkyl carbamates (subject to hydrolysis) is 1. The SMILES string of the molecule is CC(C)(CCC#N)CN(C[C@@H](O)[C@H](Cc1ccccc1)NC(=O)O[C@H]1CO[C@H]2OCC[C@H]21)S(=O)(=O)c1ccc2c(c1)OCO2.CC(C)CN(CC(C)(C)CCCN)S(=O)(=O)c1ccc2c(c1)OCO2. The summed E-state index contributed by atoms with van der Waals surface area (Å²) in [6, 6.07) is 19.7. The molecule has 4 N–H and O–H groups in total. The van der Waals surface area contributed by atoms with E-state index in [0.717, 1.165) is 18.4 Å². The van der Waals surface area contributed by atoms with Crippen LogP contribution in [-0.2, 0) is 40.7 Å². The predicted molar refractivity (Wildman–Crippen MR) is 255 cm³/mol. The zero-order chi connectivity index (χ0) is 50.0. The molecule has 4 heterocycles. The summed E-state index contributed by atoms with van der Waals surface area (Å²) in [5.41, 5.74) is 5.72. The number of aliphatic hydroxyl groups is 1. The molecule has 4 aliphatic rings. The van der Waals surface area contributed by atoms with Gasteiger partial charge >= 0.3 is 6.09 Å². The Kier molecular flexibility index (Phi) is 18.2. The van der Waals surface area contributed by atoms with Gasteiger partial charge in [-0.25, -0.2) is 21.6 Å². The van der Waals surface area contributed by atoms with Gasteiger partial charge in [-0.3, -0.25) is 0 Å². The number of carbonyl (C=O) groups excluding carboxylic acids is 1. The van der Waals surface area contributed by atoms with Crippen LogP contribution in [0, 0.1) is 34.0 Å². The monoisotopic (exact) mass is 999 g/mol. The molecule has 1 amide bonds. The van der Waals surface area contributed by atoms with E-state index >= 15 is 0 Å². The lowest BCUT2D eigenvalue weighted by molar-refractivity contribution is -0.0907. The van der Waals surface area contributed by atoms with Gasteiger partial charge in [-0.2, -0.15) is 13.9 Å². The van der Waals surface area contributed by atoms with E-state index in [4.69, 9.17) is 38.9 Å². The summed E-state index contributed by atoms with van der Waals surface area (Å²) in [5, 5.41) is 23.6. The summed E-state index contributed by atoms with van der Waals surface area (Å²) in [4.78, 5) is 13.3. The van der Waals surface area contributed by atoms with Crippen LogP contribution >= 0.6 is 0 Å². The maximum Gasteiger partial charge on any atom is 0.407 e. The van der Waals surface area contributed by atoms with Gasteiger partial charge in [-0.15, -0.1) is 0 Å². The molecule has 3 aromatic carbocycles. The fourth-order valence-electron chi connectivity index (χ4n) is 8.72. The first-order chi connectivity index (χ1) is 32.7. The van der Waals surface area contributed by atoms with E-state index in [0.29, 0.717) is 62.1 Å². The van der Waals surface area contributed by atoms with E-state index in [1.165, 1.54) is 22.5 Å². The van der Waals surface area contributed by atoms with Crippen LogP contribution in [0.3, 0.4) is 0 Å². The number of rotatable bonds is 22. The number of hydrogen-bond donors (Lipinski definition) is 3. The van der Waals surface area contributed by atoms with Crippen molar-refractivity contribution in [3.63, 3.8) is 0 Å². The number of carbonyl (C=O) groups is 1. The molecule has 5 atom stereocenters. The Morgan fingerprint density at radius 1 is 0.841 bits per heavy atom. The van der Waals surface area contributed by atoms with Crippen molar-refractivity contribution >= 4 is 26.1 Å². The molecule has 0 aliphatic carbocycles. The number of aliphatic hydroxyl groups excluding tert-OH is 1. The Labute approximate surface area is 407 Å². The maximum absolute atomic E-state index is 14.1. The van der Waals surface area contributed by atoms with Crippen molar-refractivity contribution in [3.8, 4) is 29.1 Å². The Balaban J connectivity index is 0.000000265. The minimum absolute atomic E-state index is 0.00715. The number of hydrogen-bond acceptors (Lipinski definition) is 15. The summed E-state index contributed by atoms with van der Waals surface area (Å²) in [6.45, 7) is 14.1. The van der Waals surface area contributed by atoms with Crippen LogP contribution in [0.25, 0.3) is 0 Å². The smallest absolute Gasteiger partial charge is 0.407 e. The third kappa shape index (κ3) is 14.4. The van der Waals surface area contributed by atoms with Crippen LogP contribution in [0.2, 0.25) is 0 Å². The molecule has 380 valence electrons. The average Bonchev–Trinajstić information content (AvgIpc) is 4.14. The number of nitrogens with two attached hydrogens (primary N) is 1. The van der Waals surface area contributed by atoms with E-state index in [1.54, 1.807) is 22.5 Å². The fraction of sp³-hybridized carbons (Fsp3) is 0.592. The highest BCUT2D eigenvalue weighted by Crippen LogP contribution is 2.38. The number of ether oxygens (including phenoxy) is 7. The van der Waals surface area contributed by atoms with Gasteiger partial charge in [0.15, 0.2) is 29.3 Å². The first-order valence-corrected chi connectivity index (χ1v) is 26.4. The molecule has 0 spiro atoms. The molecule has 2 saturated heterocycles. The Hall–Kier alpha value is -4.72. The second kappa shape index (κ2) is 23.5. The zero-order valence-corrected chi connectivity index (χ0v) is 42.1. The van der Waals surface area contributed by atoms with Gasteiger partial charge in [0.1, 0.15) is 6.10 Å². The largest absolute Gasteiger partial charge is 0.454 e. The average molecular weight is 1000 g/mol. The third-order valence-corrected chi connectivity index (χ3v) is 16.0. The van der Waals surface area contributed by atoms with Gasteiger partial charge in [0.05, 0.1) is 47.1 Å². The highest BCUT2D eigenvalue weighted by molar-refractivity contribution is 7.89. The summed E-state index contributed by atoms with van der Waals surface area (Å²) >= 11 is 0. The second-order valence-corrected chi connectivity index (χ2v) is 23.8. The summed E-state index contributed by atoms with van der Waals surface area (Å²) in [6.07, 6.45) is 0.470. The van der Waals surface area contributed by atoms with E-state index < -0.39 is 56.1 Å². The summed E-state index contributed by atoms with van der Waals surface area (Å²) < 4.78 is 95.6. The Morgan fingerprint density at radius 2 is 1.41 bits per heavy atom. The molecule has 20 heteroatoms. The number of amides is 1. The molecule has 2 fully saturated rings. The number of nitrogens with one attached hydrogen (secondary N) is 1. The molecule has 18 nitrogen and oxygen atoms in total. The van der Waals surface area contributed by atoms with Crippen LogP contribution < -0.4 is 30.0 Å². The van der Waals surface area contributed by atoms with Gasteiger partial charge < -0.3 is 49.3 Å². The van der Waals surface area contributed by atoms with Crippen molar-refractivity contribution in [1.82, 2.24) is 13.9 Å². The number of nitriles is 1. The molecule has 0 unspecified atom stereocenters. The molecular weight excluding hydrogens is 931 g/mol. The van der Waals surface area contributed by atoms with Crippen molar-refractivity contribution in [3.05, 3.63) is 72.3 Å². The summed E-state index contributed by atoms with van der Waals surface area (Å²) in [5.74, 6) is 1.99. The number of nitrogens with zero attached hydrogens (tertiary/aromatic N) is 3.